The average Bonchev–Trinajstić information content (AvgIpc) is 2.69. The van der Waals surface area contributed by atoms with Gasteiger partial charge in [0.25, 0.3) is 0 Å². The molecule has 1 heterocycles. The summed E-state index contributed by atoms with van der Waals surface area (Å²) in [5.74, 6) is 0.772. The smallest absolute Gasteiger partial charge is 0.240 e. The minimum Gasteiger partial charge on any atom is -0.497 e. The molecule has 27 heavy (non-hydrogen) atoms. The van der Waals surface area contributed by atoms with Crippen molar-refractivity contribution < 1.29 is 17.9 Å². The maximum absolute atomic E-state index is 12.7. The summed E-state index contributed by atoms with van der Waals surface area (Å²) < 4.78 is 39.6. The van der Waals surface area contributed by atoms with Crippen LogP contribution in [0.1, 0.15) is 11.6 Å². The van der Waals surface area contributed by atoms with Crippen LogP contribution >= 0.6 is 15.9 Å². The van der Waals surface area contributed by atoms with Crippen LogP contribution in [0.3, 0.4) is 0 Å². The minimum atomic E-state index is -3.60. The summed E-state index contributed by atoms with van der Waals surface area (Å²) in [5, 5.41) is 0. The molecule has 2 aromatic rings. The van der Waals surface area contributed by atoms with Crippen molar-refractivity contribution in [1.29, 1.82) is 0 Å². The van der Waals surface area contributed by atoms with E-state index in [1.54, 1.807) is 31.4 Å². The third-order valence-electron chi connectivity index (χ3n) is 4.56. The van der Waals surface area contributed by atoms with Crippen molar-refractivity contribution in [3.8, 4) is 5.75 Å². The number of nitrogens with zero attached hydrogens (tertiary/aromatic N) is 1. The SMILES string of the molecule is COc1ccc(C(CNS(=O)(=O)c2cccc(Br)c2)N2CCOCC2)cc1. The Morgan fingerprint density at radius 2 is 1.89 bits per heavy atom. The number of rotatable bonds is 7. The summed E-state index contributed by atoms with van der Waals surface area (Å²) in [4.78, 5) is 2.49. The zero-order chi connectivity index (χ0) is 19.3. The number of morpholine rings is 1. The Balaban J connectivity index is 1.80. The van der Waals surface area contributed by atoms with Gasteiger partial charge in [-0.15, -0.1) is 0 Å². The summed E-state index contributed by atoms with van der Waals surface area (Å²) in [6, 6.07) is 14.4. The molecule has 1 N–H and O–H groups in total. The van der Waals surface area contributed by atoms with Crippen molar-refractivity contribution in [3.63, 3.8) is 0 Å². The summed E-state index contributed by atoms with van der Waals surface area (Å²) in [6.07, 6.45) is 0. The number of methoxy groups -OCH3 is 1. The van der Waals surface area contributed by atoms with Crippen molar-refractivity contribution in [3.05, 3.63) is 58.6 Å². The van der Waals surface area contributed by atoms with Gasteiger partial charge in [0.1, 0.15) is 5.75 Å². The second kappa shape index (κ2) is 9.16. The Hall–Kier alpha value is -1.45. The van der Waals surface area contributed by atoms with Crippen molar-refractivity contribution in [1.82, 2.24) is 9.62 Å². The van der Waals surface area contributed by atoms with E-state index in [0.717, 1.165) is 28.9 Å². The highest BCUT2D eigenvalue weighted by atomic mass is 79.9. The van der Waals surface area contributed by atoms with E-state index >= 15 is 0 Å². The van der Waals surface area contributed by atoms with E-state index in [-0.39, 0.29) is 17.5 Å². The van der Waals surface area contributed by atoms with Crippen LogP contribution in [-0.2, 0) is 14.8 Å². The zero-order valence-corrected chi connectivity index (χ0v) is 17.5. The Labute approximate surface area is 168 Å². The summed E-state index contributed by atoms with van der Waals surface area (Å²) in [5.41, 5.74) is 1.04. The van der Waals surface area contributed by atoms with Gasteiger partial charge in [-0.05, 0) is 35.9 Å². The van der Waals surface area contributed by atoms with Gasteiger partial charge in [-0.25, -0.2) is 13.1 Å². The largest absolute Gasteiger partial charge is 0.497 e. The molecule has 2 aromatic carbocycles. The number of benzene rings is 2. The molecule has 1 aliphatic rings. The van der Waals surface area contributed by atoms with E-state index in [0.29, 0.717) is 13.2 Å². The maximum Gasteiger partial charge on any atom is 0.240 e. The molecule has 0 amide bonds. The van der Waals surface area contributed by atoms with E-state index < -0.39 is 10.0 Å². The van der Waals surface area contributed by atoms with Crippen LogP contribution in [0.4, 0.5) is 0 Å². The third kappa shape index (κ3) is 5.30. The molecule has 1 aliphatic heterocycles. The lowest BCUT2D eigenvalue weighted by atomic mass is 10.0. The summed E-state index contributed by atoms with van der Waals surface area (Å²) >= 11 is 3.32. The van der Waals surface area contributed by atoms with E-state index in [2.05, 4.69) is 25.6 Å². The molecule has 0 spiro atoms. The topological polar surface area (TPSA) is 67.9 Å². The Bertz CT molecular complexity index is 852. The fourth-order valence-corrected chi connectivity index (χ4v) is 4.71. The van der Waals surface area contributed by atoms with Crippen LogP contribution in [0.5, 0.6) is 5.75 Å². The zero-order valence-electron chi connectivity index (χ0n) is 15.1. The van der Waals surface area contributed by atoms with Crippen molar-refractivity contribution in [2.24, 2.45) is 0 Å². The molecule has 0 saturated carbocycles. The molecule has 146 valence electrons. The Morgan fingerprint density at radius 1 is 1.19 bits per heavy atom. The van der Waals surface area contributed by atoms with Crippen molar-refractivity contribution >= 4 is 26.0 Å². The van der Waals surface area contributed by atoms with Gasteiger partial charge in [-0.2, -0.15) is 0 Å². The van der Waals surface area contributed by atoms with Crippen molar-refractivity contribution in [2.75, 3.05) is 40.0 Å². The quantitative estimate of drug-likeness (QED) is 0.696. The molecule has 0 aliphatic carbocycles. The molecule has 1 saturated heterocycles. The first-order valence-electron chi connectivity index (χ1n) is 8.70. The highest BCUT2D eigenvalue weighted by Crippen LogP contribution is 2.24. The summed E-state index contributed by atoms with van der Waals surface area (Å²) in [6.45, 7) is 3.09. The fraction of sp³-hybridized carbons (Fsp3) is 0.368. The third-order valence-corrected chi connectivity index (χ3v) is 6.47. The van der Waals surface area contributed by atoms with Crippen LogP contribution in [0, 0.1) is 0 Å². The number of ether oxygens (including phenoxy) is 2. The average molecular weight is 455 g/mol. The molecule has 0 aromatic heterocycles. The Morgan fingerprint density at radius 3 is 2.52 bits per heavy atom. The summed E-state index contributed by atoms with van der Waals surface area (Å²) in [7, 11) is -1.97. The Kier molecular flexibility index (Phi) is 6.88. The molecule has 1 fully saturated rings. The predicted octanol–water partition coefficient (Wildman–Crippen LogP) is 2.81. The lowest BCUT2D eigenvalue weighted by molar-refractivity contribution is 0.0172. The number of nitrogens with one attached hydrogen (secondary N) is 1. The number of hydrogen-bond donors (Lipinski definition) is 1. The van der Waals surface area contributed by atoms with Crippen LogP contribution in [0.25, 0.3) is 0 Å². The maximum atomic E-state index is 12.7. The lowest BCUT2D eigenvalue weighted by Crippen LogP contribution is -2.43. The molecule has 3 rings (SSSR count). The highest BCUT2D eigenvalue weighted by molar-refractivity contribution is 9.10. The van der Waals surface area contributed by atoms with Crippen LogP contribution in [0.2, 0.25) is 0 Å². The number of halogens is 1. The molecular formula is C19H23BrN2O4S. The van der Waals surface area contributed by atoms with Gasteiger partial charge in [0.15, 0.2) is 0 Å². The highest BCUT2D eigenvalue weighted by Gasteiger charge is 2.25. The molecule has 0 bridgehead atoms. The molecule has 6 nitrogen and oxygen atoms in total. The second-order valence-corrected chi connectivity index (χ2v) is 8.93. The van der Waals surface area contributed by atoms with Crippen LogP contribution < -0.4 is 9.46 Å². The van der Waals surface area contributed by atoms with Crippen molar-refractivity contribution in [2.45, 2.75) is 10.9 Å². The van der Waals surface area contributed by atoms with Gasteiger partial charge in [0.2, 0.25) is 10.0 Å². The first-order chi connectivity index (χ1) is 13.0. The number of hydrogen-bond acceptors (Lipinski definition) is 5. The van der Waals surface area contributed by atoms with Gasteiger partial charge < -0.3 is 9.47 Å². The van der Waals surface area contributed by atoms with E-state index in [1.165, 1.54) is 0 Å². The molecule has 8 heteroatoms. The molecule has 1 atom stereocenters. The van der Waals surface area contributed by atoms with Gasteiger partial charge in [0.05, 0.1) is 25.2 Å². The second-order valence-electron chi connectivity index (χ2n) is 6.25. The monoisotopic (exact) mass is 454 g/mol. The molecule has 1 unspecified atom stereocenters. The van der Waals surface area contributed by atoms with E-state index in [1.807, 2.05) is 24.3 Å². The van der Waals surface area contributed by atoms with Crippen LogP contribution in [-0.4, -0.2) is 53.3 Å². The number of sulfonamides is 1. The first kappa shape index (κ1) is 20.3. The lowest BCUT2D eigenvalue weighted by Gasteiger charge is -2.35. The fourth-order valence-electron chi connectivity index (χ4n) is 3.08. The van der Waals surface area contributed by atoms with E-state index in [9.17, 15) is 8.42 Å². The minimum absolute atomic E-state index is 0.0817. The van der Waals surface area contributed by atoms with Gasteiger partial charge in [-0.1, -0.05) is 34.1 Å². The molecule has 0 radical (unpaired) electrons. The van der Waals surface area contributed by atoms with E-state index in [4.69, 9.17) is 9.47 Å². The normalized spacial score (nSPS) is 16.8. The predicted molar refractivity (Wildman–Crippen MR) is 107 cm³/mol. The van der Waals surface area contributed by atoms with Gasteiger partial charge in [0, 0.05) is 30.1 Å². The molecular weight excluding hydrogens is 432 g/mol. The van der Waals surface area contributed by atoms with Crippen LogP contribution in [0.15, 0.2) is 57.9 Å². The van der Waals surface area contributed by atoms with Gasteiger partial charge >= 0.3 is 0 Å². The standard InChI is InChI=1S/C19H23BrN2O4S/c1-25-17-7-5-15(6-8-17)19(22-9-11-26-12-10-22)14-21-27(23,24)18-4-2-3-16(20)13-18/h2-8,13,19,21H,9-12,14H2,1H3. The first-order valence-corrected chi connectivity index (χ1v) is 11.0. The van der Waals surface area contributed by atoms with Gasteiger partial charge in [-0.3, -0.25) is 4.90 Å².